The van der Waals surface area contributed by atoms with Crippen molar-refractivity contribution >= 4 is 5.91 Å². The summed E-state index contributed by atoms with van der Waals surface area (Å²) in [5.41, 5.74) is 0.544. The zero-order valence-corrected chi connectivity index (χ0v) is 14.2. The number of hydrogen-bond donors (Lipinski definition) is 1. The SMILES string of the molecule is COc1ccccc1C(C)(C)NC(=O)C(C)CN1CCCC1. The largest absolute Gasteiger partial charge is 0.496 e. The molecule has 22 heavy (non-hydrogen) atoms. The van der Waals surface area contributed by atoms with Gasteiger partial charge in [0, 0.05) is 18.0 Å². The van der Waals surface area contributed by atoms with Crippen LogP contribution in [0.1, 0.15) is 39.2 Å². The van der Waals surface area contributed by atoms with Crippen molar-refractivity contribution in [2.45, 2.75) is 39.2 Å². The second-order valence-corrected chi connectivity index (χ2v) is 6.72. The molecule has 1 unspecified atom stereocenters. The second kappa shape index (κ2) is 7.14. The summed E-state index contributed by atoms with van der Waals surface area (Å²) in [5, 5.41) is 3.18. The van der Waals surface area contributed by atoms with Gasteiger partial charge in [0.15, 0.2) is 0 Å². The Hall–Kier alpha value is -1.55. The molecular formula is C18H28N2O2. The van der Waals surface area contributed by atoms with Crippen LogP contribution in [-0.2, 0) is 10.3 Å². The Balaban J connectivity index is 2.02. The van der Waals surface area contributed by atoms with Crippen molar-refractivity contribution in [3.05, 3.63) is 29.8 Å². The van der Waals surface area contributed by atoms with Crippen molar-refractivity contribution in [2.75, 3.05) is 26.7 Å². The fourth-order valence-electron chi connectivity index (χ4n) is 3.09. The molecule has 4 heteroatoms. The summed E-state index contributed by atoms with van der Waals surface area (Å²) in [6.07, 6.45) is 2.50. The topological polar surface area (TPSA) is 41.6 Å². The fourth-order valence-corrected chi connectivity index (χ4v) is 3.09. The number of methoxy groups -OCH3 is 1. The quantitative estimate of drug-likeness (QED) is 0.878. The van der Waals surface area contributed by atoms with Gasteiger partial charge in [-0.25, -0.2) is 0 Å². The molecule has 1 N–H and O–H groups in total. The molecule has 1 amide bonds. The Morgan fingerprint density at radius 3 is 2.59 bits per heavy atom. The predicted molar refractivity (Wildman–Crippen MR) is 89.0 cm³/mol. The lowest BCUT2D eigenvalue weighted by Crippen LogP contribution is -2.45. The van der Waals surface area contributed by atoms with Gasteiger partial charge in [0.2, 0.25) is 5.91 Å². The van der Waals surface area contributed by atoms with Crippen molar-refractivity contribution < 1.29 is 9.53 Å². The summed E-state index contributed by atoms with van der Waals surface area (Å²) in [6.45, 7) is 9.12. The number of benzene rings is 1. The van der Waals surface area contributed by atoms with Crippen LogP contribution in [0, 0.1) is 5.92 Å². The van der Waals surface area contributed by atoms with Crippen LogP contribution >= 0.6 is 0 Å². The zero-order chi connectivity index (χ0) is 16.2. The Morgan fingerprint density at radius 1 is 1.32 bits per heavy atom. The van der Waals surface area contributed by atoms with Crippen LogP contribution in [-0.4, -0.2) is 37.6 Å². The number of likely N-dealkylation sites (tertiary alicyclic amines) is 1. The van der Waals surface area contributed by atoms with Gasteiger partial charge in [0.25, 0.3) is 0 Å². The minimum Gasteiger partial charge on any atom is -0.496 e. The molecule has 0 radical (unpaired) electrons. The summed E-state index contributed by atoms with van der Waals surface area (Å²) in [7, 11) is 1.66. The summed E-state index contributed by atoms with van der Waals surface area (Å²) in [6, 6.07) is 7.84. The van der Waals surface area contributed by atoms with Crippen molar-refractivity contribution in [3.8, 4) is 5.75 Å². The number of nitrogens with zero attached hydrogens (tertiary/aromatic N) is 1. The van der Waals surface area contributed by atoms with E-state index in [2.05, 4.69) is 10.2 Å². The van der Waals surface area contributed by atoms with Crippen LogP contribution in [0.5, 0.6) is 5.75 Å². The first-order chi connectivity index (χ1) is 10.4. The van der Waals surface area contributed by atoms with Gasteiger partial charge in [0.1, 0.15) is 5.75 Å². The second-order valence-electron chi connectivity index (χ2n) is 6.72. The predicted octanol–water partition coefficient (Wildman–Crippen LogP) is 2.78. The maximum atomic E-state index is 12.5. The van der Waals surface area contributed by atoms with Crippen LogP contribution < -0.4 is 10.1 Å². The molecule has 0 aromatic heterocycles. The van der Waals surface area contributed by atoms with Gasteiger partial charge in [-0.3, -0.25) is 4.79 Å². The van der Waals surface area contributed by atoms with Crippen LogP contribution in [0.2, 0.25) is 0 Å². The highest BCUT2D eigenvalue weighted by Crippen LogP contribution is 2.29. The van der Waals surface area contributed by atoms with Crippen molar-refractivity contribution in [2.24, 2.45) is 5.92 Å². The average Bonchev–Trinajstić information content (AvgIpc) is 2.99. The standard InChI is InChI=1S/C18H28N2O2/c1-14(13-20-11-7-8-12-20)17(21)19-18(2,3)15-9-5-6-10-16(15)22-4/h5-6,9-10,14H,7-8,11-13H2,1-4H3,(H,19,21). The Bertz CT molecular complexity index is 508. The first-order valence-electron chi connectivity index (χ1n) is 8.12. The molecule has 4 nitrogen and oxygen atoms in total. The first-order valence-corrected chi connectivity index (χ1v) is 8.12. The molecule has 0 saturated carbocycles. The molecule has 1 aliphatic rings. The molecule has 1 aliphatic heterocycles. The fraction of sp³-hybridized carbons (Fsp3) is 0.611. The molecule has 2 rings (SSSR count). The van der Waals surface area contributed by atoms with Crippen molar-refractivity contribution in [1.82, 2.24) is 10.2 Å². The average molecular weight is 304 g/mol. The van der Waals surface area contributed by atoms with E-state index in [-0.39, 0.29) is 11.8 Å². The lowest BCUT2D eigenvalue weighted by atomic mass is 9.92. The molecular weight excluding hydrogens is 276 g/mol. The third-order valence-electron chi connectivity index (χ3n) is 4.39. The van der Waals surface area contributed by atoms with Crippen LogP contribution in [0.25, 0.3) is 0 Å². The number of para-hydroxylation sites is 1. The zero-order valence-electron chi connectivity index (χ0n) is 14.2. The lowest BCUT2D eigenvalue weighted by molar-refractivity contribution is -0.126. The Kier molecular flexibility index (Phi) is 5.46. The molecule has 0 spiro atoms. The maximum absolute atomic E-state index is 12.5. The Morgan fingerprint density at radius 2 is 1.95 bits per heavy atom. The number of carbonyl (C=O) groups is 1. The van der Waals surface area contributed by atoms with E-state index in [0.29, 0.717) is 0 Å². The molecule has 1 heterocycles. The molecule has 1 atom stereocenters. The van der Waals surface area contributed by atoms with Gasteiger partial charge < -0.3 is 15.0 Å². The van der Waals surface area contributed by atoms with Crippen LogP contribution in [0.3, 0.4) is 0 Å². The molecule has 1 fully saturated rings. The number of carbonyl (C=O) groups excluding carboxylic acids is 1. The highest BCUT2D eigenvalue weighted by Gasteiger charge is 2.29. The minimum atomic E-state index is -0.455. The van der Waals surface area contributed by atoms with Gasteiger partial charge >= 0.3 is 0 Å². The number of hydrogen-bond acceptors (Lipinski definition) is 3. The van der Waals surface area contributed by atoms with E-state index in [1.807, 2.05) is 45.0 Å². The molecule has 122 valence electrons. The van der Waals surface area contributed by atoms with E-state index in [0.717, 1.165) is 30.9 Å². The summed E-state index contributed by atoms with van der Waals surface area (Å²) >= 11 is 0. The van der Waals surface area contributed by atoms with E-state index in [9.17, 15) is 4.79 Å². The highest BCUT2D eigenvalue weighted by atomic mass is 16.5. The Labute approximate surface area is 133 Å². The first kappa shape index (κ1) is 16.8. The van der Waals surface area contributed by atoms with E-state index in [1.54, 1.807) is 7.11 Å². The summed E-state index contributed by atoms with van der Waals surface area (Å²) < 4.78 is 5.42. The van der Waals surface area contributed by atoms with Gasteiger partial charge in [0.05, 0.1) is 12.6 Å². The third kappa shape index (κ3) is 4.01. The number of amides is 1. The maximum Gasteiger partial charge on any atom is 0.224 e. The van der Waals surface area contributed by atoms with E-state index in [1.165, 1.54) is 12.8 Å². The number of nitrogens with one attached hydrogen (secondary N) is 1. The number of rotatable bonds is 6. The third-order valence-corrected chi connectivity index (χ3v) is 4.39. The van der Waals surface area contributed by atoms with Gasteiger partial charge in [-0.15, -0.1) is 0 Å². The summed E-state index contributed by atoms with van der Waals surface area (Å²) in [4.78, 5) is 14.9. The molecule has 0 bridgehead atoms. The number of ether oxygens (including phenoxy) is 1. The molecule has 0 aliphatic carbocycles. The van der Waals surface area contributed by atoms with Crippen molar-refractivity contribution in [3.63, 3.8) is 0 Å². The van der Waals surface area contributed by atoms with Gasteiger partial charge in [-0.05, 0) is 45.8 Å². The van der Waals surface area contributed by atoms with Gasteiger partial charge in [-0.1, -0.05) is 25.1 Å². The van der Waals surface area contributed by atoms with Crippen LogP contribution in [0.4, 0.5) is 0 Å². The van der Waals surface area contributed by atoms with Crippen LogP contribution in [0.15, 0.2) is 24.3 Å². The van der Waals surface area contributed by atoms with Gasteiger partial charge in [-0.2, -0.15) is 0 Å². The smallest absolute Gasteiger partial charge is 0.224 e. The van der Waals surface area contributed by atoms with E-state index < -0.39 is 5.54 Å². The molecule has 1 aromatic rings. The highest BCUT2D eigenvalue weighted by molar-refractivity contribution is 5.79. The lowest BCUT2D eigenvalue weighted by Gasteiger charge is -2.30. The van der Waals surface area contributed by atoms with E-state index in [4.69, 9.17) is 4.74 Å². The summed E-state index contributed by atoms with van der Waals surface area (Å²) in [5.74, 6) is 0.898. The molecule has 1 saturated heterocycles. The van der Waals surface area contributed by atoms with E-state index >= 15 is 0 Å². The molecule has 1 aromatic carbocycles. The normalized spacial score (nSPS) is 17.3. The van der Waals surface area contributed by atoms with Crippen molar-refractivity contribution in [1.29, 1.82) is 0 Å². The monoisotopic (exact) mass is 304 g/mol. The minimum absolute atomic E-state index is 0.00733.